The van der Waals surface area contributed by atoms with E-state index < -0.39 is 16.2 Å². The van der Waals surface area contributed by atoms with Gasteiger partial charge in [-0.2, -0.15) is 13.1 Å². The van der Waals surface area contributed by atoms with Crippen LogP contribution in [0.3, 0.4) is 0 Å². The Balaban J connectivity index is 3.55. The normalized spacial score (nSPS) is 11.9. The molecule has 0 aliphatic heterocycles. The second kappa shape index (κ2) is 7.59. The van der Waals surface area contributed by atoms with Crippen LogP contribution in [0.5, 0.6) is 0 Å². The number of hydrogen-bond acceptors (Lipinski definition) is 3. The average molecular weight is 252 g/mol. The highest BCUT2D eigenvalue weighted by Crippen LogP contribution is 1.98. The first-order valence-electron chi connectivity index (χ1n) is 5.32. The van der Waals surface area contributed by atoms with E-state index in [-0.39, 0.29) is 12.5 Å². The molecule has 6 nitrogen and oxygen atoms in total. The van der Waals surface area contributed by atoms with E-state index in [0.29, 0.717) is 25.8 Å². The van der Waals surface area contributed by atoms with Gasteiger partial charge in [-0.25, -0.2) is 4.72 Å². The van der Waals surface area contributed by atoms with Gasteiger partial charge in [0.25, 0.3) is 10.2 Å². The molecule has 0 saturated carbocycles. The molecule has 0 amide bonds. The first kappa shape index (κ1) is 15.3. The van der Waals surface area contributed by atoms with Crippen LogP contribution in [0.15, 0.2) is 0 Å². The summed E-state index contributed by atoms with van der Waals surface area (Å²) < 4.78 is 27.3. The van der Waals surface area contributed by atoms with Crippen molar-refractivity contribution in [2.24, 2.45) is 0 Å². The van der Waals surface area contributed by atoms with Crippen molar-refractivity contribution in [3.05, 3.63) is 0 Å². The lowest BCUT2D eigenvalue weighted by molar-refractivity contribution is -0.137. The van der Waals surface area contributed by atoms with Crippen molar-refractivity contribution in [1.82, 2.24) is 9.44 Å². The molecule has 96 valence electrons. The lowest BCUT2D eigenvalue weighted by Crippen LogP contribution is -2.40. The van der Waals surface area contributed by atoms with E-state index in [1.807, 2.05) is 0 Å². The Morgan fingerprint density at radius 3 is 2.38 bits per heavy atom. The molecule has 16 heavy (non-hydrogen) atoms. The largest absolute Gasteiger partial charge is 0.481 e. The van der Waals surface area contributed by atoms with Crippen LogP contribution in [-0.2, 0) is 15.0 Å². The van der Waals surface area contributed by atoms with Crippen LogP contribution in [-0.4, -0.2) is 32.1 Å². The van der Waals surface area contributed by atoms with E-state index in [1.54, 1.807) is 13.8 Å². The maximum absolute atomic E-state index is 11.3. The molecule has 0 spiro atoms. The monoisotopic (exact) mass is 252 g/mol. The highest BCUT2D eigenvalue weighted by molar-refractivity contribution is 7.87. The summed E-state index contributed by atoms with van der Waals surface area (Å²) in [6.07, 6.45) is 2.06. The fraction of sp³-hybridized carbons (Fsp3) is 0.889. The van der Waals surface area contributed by atoms with E-state index >= 15 is 0 Å². The van der Waals surface area contributed by atoms with Crippen LogP contribution in [0.25, 0.3) is 0 Å². The van der Waals surface area contributed by atoms with Gasteiger partial charge in [0.15, 0.2) is 0 Å². The Morgan fingerprint density at radius 2 is 1.88 bits per heavy atom. The zero-order chi connectivity index (χ0) is 12.6. The summed E-state index contributed by atoms with van der Waals surface area (Å²) in [4.78, 5) is 10.2. The van der Waals surface area contributed by atoms with E-state index in [1.165, 1.54) is 0 Å². The Labute approximate surface area is 96.6 Å². The van der Waals surface area contributed by atoms with Crippen LogP contribution < -0.4 is 9.44 Å². The van der Waals surface area contributed by atoms with Gasteiger partial charge in [-0.05, 0) is 26.7 Å². The maximum atomic E-state index is 11.3. The molecule has 0 unspecified atom stereocenters. The number of carboxylic acids is 1. The third-order valence-corrected chi connectivity index (χ3v) is 3.12. The molecule has 0 heterocycles. The standard InChI is InChI=1S/C9H20N2O4S/c1-8(2)11-16(14,15)10-7-5-3-4-6-9(12)13/h8,10-11H,3-7H2,1-2H3,(H,12,13). The van der Waals surface area contributed by atoms with Crippen LogP contribution >= 0.6 is 0 Å². The fourth-order valence-electron chi connectivity index (χ4n) is 1.14. The molecule has 0 rings (SSSR count). The van der Waals surface area contributed by atoms with Gasteiger partial charge in [-0.15, -0.1) is 0 Å². The molecule has 7 heteroatoms. The highest BCUT2D eigenvalue weighted by atomic mass is 32.2. The molecule has 0 aromatic carbocycles. The number of hydrogen-bond donors (Lipinski definition) is 3. The number of rotatable bonds is 9. The second-order valence-corrected chi connectivity index (χ2v) is 5.41. The summed E-state index contributed by atoms with van der Waals surface area (Å²) in [5.41, 5.74) is 0. The van der Waals surface area contributed by atoms with E-state index in [0.717, 1.165) is 0 Å². The smallest absolute Gasteiger partial charge is 0.303 e. The summed E-state index contributed by atoms with van der Waals surface area (Å²) in [6, 6.07) is -0.135. The number of unbranched alkanes of at least 4 members (excludes halogenated alkanes) is 2. The van der Waals surface area contributed by atoms with Gasteiger partial charge in [-0.1, -0.05) is 6.42 Å². The second-order valence-electron chi connectivity index (χ2n) is 3.87. The molecule has 0 aromatic heterocycles. The molecule has 0 saturated heterocycles. The summed E-state index contributed by atoms with van der Waals surface area (Å²) in [5, 5.41) is 8.38. The van der Waals surface area contributed by atoms with E-state index in [4.69, 9.17) is 5.11 Å². The van der Waals surface area contributed by atoms with Gasteiger partial charge in [0, 0.05) is 19.0 Å². The van der Waals surface area contributed by atoms with Crippen molar-refractivity contribution in [1.29, 1.82) is 0 Å². The van der Waals surface area contributed by atoms with Crippen LogP contribution in [0, 0.1) is 0 Å². The van der Waals surface area contributed by atoms with Crippen molar-refractivity contribution >= 4 is 16.2 Å². The Kier molecular flexibility index (Phi) is 7.27. The summed E-state index contributed by atoms with van der Waals surface area (Å²) >= 11 is 0. The van der Waals surface area contributed by atoms with Crippen LogP contribution in [0.1, 0.15) is 39.5 Å². The first-order valence-corrected chi connectivity index (χ1v) is 6.80. The Bertz CT molecular complexity index is 301. The predicted molar refractivity (Wildman–Crippen MR) is 61.3 cm³/mol. The van der Waals surface area contributed by atoms with Crippen LogP contribution in [0.4, 0.5) is 0 Å². The third kappa shape index (κ3) is 9.88. The van der Waals surface area contributed by atoms with Crippen molar-refractivity contribution in [3.8, 4) is 0 Å². The van der Waals surface area contributed by atoms with Gasteiger partial charge in [0.2, 0.25) is 0 Å². The molecule has 0 aliphatic rings. The quantitative estimate of drug-likeness (QED) is 0.520. The van der Waals surface area contributed by atoms with Gasteiger partial charge < -0.3 is 5.11 Å². The summed E-state index contributed by atoms with van der Waals surface area (Å²) in [6.45, 7) is 3.82. The van der Waals surface area contributed by atoms with Crippen molar-refractivity contribution in [2.45, 2.75) is 45.6 Å². The maximum Gasteiger partial charge on any atom is 0.303 e. The van der Waals surface area contributed by atoms with Gasteiger partial charge in [0.05, 0.1) is 0 Å². The molecule has 0 aliphatic carbocycles. The topological polar surface area (TPSA) is 95.5 Å². The molecule has 3 N–H and O–H groups in total. The van der Waals surface area contributed by atoms with Crippen LogP contribution in [0.2, 0.25) is 0 Å². The average Bonchev–Trinajstić information content (AvgIpc) is 2.08. The minimum atomic E-state index is -3.40. The van der Waals surface area contributed by atoms with E-state index in [2.05, 4.69) is 9.44 Å². The van der Waals surface area contributed by atoms with Gasteiger partial charge in [0.1, 0.15) is 0 Å². The molecule has 0 fully saturated rings. The summed E-state index contributed by atoms with van der Waals surface area (Å²) in [7, 11) is -3.40. The lowest BCUT2D eigenvalue weighted by atomic mass is 10.2. The minimum absolute atomic E-state index is 0.135. The molecule has 0 atom stereocenters. The minimum Gasteiger partial charge on any atom is -0.481 e. The van der Waals surface area contributed by atoms with Crippen molar-refractivity contribution in [3.63, 3.8) is 0 Å². The van der Waals surface area contributed by atoms with E-state index in [9.17, 15) is 13.2 Å². The predicted octanol–water partition coefficient (Wildman–Crippen LogP) is 0.464. The highest BCUT2D eigenvalue weighted by Gasteiger charge is 2.09. The number of aliphatic carboxylic acids is 1. The Morgan fingerprint density at radius 1 is 1.25 bits per heavy atom. The molecular formula is C9H20N2O4S. The summed E-state index contributed by atoms with van der Waals surface area (Å²) in [5.74, 6) is -0.818. The first-order chi connectivity index (χ1) is 7.33. The lowest BCUT2D eigenvalue weighted by Gasteiger charge is -2.10. The zero-order valence-corrected chi connectivity index (χ0v) is 10.5. The molecular weight excluding hydrogens is 232 g/mol. The van der Waals surface area contributed by atoms with Gasteiger partial charge >= 0.3 is 5.97 Å². The van der Waals surface area contributed by atoms with Gasteiger partial charge in [-0.3, -0.25) is 4.79 Å². The third-order valence-electron chi connectivity index (χ3n) is 1.75. The SMILES string of the molecule is CC(C)NS(=O)(=O)NCCCCCC(=O)O. The number of carboxylic acid groups (broad SMARTS) is 1. The fourth-order valence-corrected chi connectivity index (χ4v) is 2.25. The molecule has 0 radical (unpaired) electrons. The number of nitrogens with one attached hydrogen (secondary N) is 2. The molecule has 0 bridgehead atoms. The Hall–Kier alpha value is -0.660. The zero-order valence-electron chi connectivity index (χ0n) is 9.69. The number of carbonyl (C=O) groups is 1. The molecule has 0 aromatic rings. The van der Waals surface area contributed by atoms with Crippen molar-refractivity contribution < 1.29 is 18.3 Å². The van der Waals surface area contributed by atoms with Crippen molar-refractivity contribution in [2.75, 3.05) is 6.54 Å².